The zero-order valence-electron chi connectivity index (χ0n) is 21.7. The van der Waals surface area contributed by atoms with E-state index in [4.69, 9.17) is 4.43 Å². The van der Waals surface area contributed by atoms with E-state index in [2.05, 4.69) is 118 Å². The van der Waals surface area contributed by atoms with E-state index < -0.39 is 14.5 Å². The molecule has 3 aromatic carbocycles. The van der Waals surface area contributed by atoms with Gasteiger partial charge in [0.05, 0.1) is 0 Å². The smallest absolute Gasteiger partial charge is 0.261 e. The van der Waals surface area contributed by atoms with Gasteiger partial charge in [0, 0.05) is 38.1 Å². The summed E-state index contributed by atoms with van der Waals surface area (Å²) in [6.45, 7) is 12.0. The van der Waals surface area contributed by atoms with Crippen LogP contribution in [-0.4, -0.2) is 39.1 Å². The predicted molar refractivity (Wildman–Crippen MR) is 147 cm³/mol. The van der Waals surface area contributed by atoms with E-state index in [1.807, 2.05) is 6.07 Å². The number of rotatable bonds is 8. The Kier molecular flexibility index (Phi) is 8.26. The number of likely N-dealkylation sites (tertiary alicyclic amines) is 1. The van der Waals surface area contributed by atoms with Gasteiger partial charge in [-0.25, -0.2) is 4.39 Å². The molecule has 0 N–H and O–H groups in total. The summed E-state index contributed by atoms with van der Waals surface area (Å²) in [5.41, 5.74) is 1.29. The molecule has 4 rings (SSSR count). The molecule has 2 nitrogen and oxygen atoms in total. The van der Waals surface area contributed by atoms with Crippen LogP contribution in [0.1, 0.15) is 39.7 Å². The summed E-state index contributed by atoms with van der Waals surface area (Å²) < 4.78 is 22.4. The molecular weight excluding hydrogens is 449 g/mol. The standard InChI is InChI=1S/C31H40FNOSi/c1-25-22-33(23-26-14-8-5-9-15-26)24-27(30(25)32)20-21-34-35(31(2,3)4,28-16-10-6-11-17-28)29-18-12-7-13-19-29/h5-19,25,27,30H,20-24H2,1-4H3. The summed E-state index contributed by atoms with van der Waals surface area (Å²) in [7, 11) is -2.59. The van der Waals surface area contributed by atoms with E-state index in [0.29, 0.717) is 6.61 Å². The van der Waals surface area contributed by atoms with Gasteiger partial charge >= 0.3 is 0 Å². The normalized spacial score (nSPS) is 21.7. The predicted octanol–water partition coefficient (Wildman–Crippen LogP) is 6.06. The highest BCUT2D eigenvalue weighted by Gasteiger charge is 2.50. The SMILES string of the molecule is CC1CN(Cc2ccccc2)CC(CCO[Si](c2ccccc2)(c2ccccc2)C(C)(C)C)C1F. The van der Waals surface area contributed by atoms with Crippen molar-refractivity contribution in [3.63, 3.8) is 0 Å². The lowest BCUT2D eigenvalue weighted by Crippen LogP contribution is -2.66. The molecular formula is C31H40FNOSi. The Morgan fingerprint density at radius 3 is 1.86 bits per heavy atom. The van der Waals surface area contributed by atoms with Crippen LogP contribution in [0.5, 0.6) is 0 Å². The summed E-state index contributed by atoms with van der Waals surface area (Å²) in [6, 6.07) is 31.9. The maximum absolute atomic E-state index is 15.4. The number of alkyl halides is 1. The van der Waals surface area contributed by atoms with Crippen LogP contribution in [0.25, 0.3) is 0 Å². The molecule has 1 fully saturated rings. The van der Waals surface area contributed by atoms with Crippen molar-refractivity contribution < 1.29 is 8.82 Å². The highest BCUT2D eigenvalue weighted by atomic mass is 28.4. The molecule has 0 aliphatic carbocycles. The van der Waals surface area contributed by atoms with Crippen molar-refractivity contribution in [2.45, 2.75) is 51.9 Å². The number of nitrogens with zero attached hydrogens (tertiary/aromatic N) is 1. The first kappa shape index (κ1) is 25.8. The average molecular weight is 490 g/mol. The summed E-state index contributed by atoms with van der Waals surface area (Å²) in [5.74, 6) is 0.0194. The fourth-order valence-electron chi connectivity index (χ4n) is 5.83. The van der Waals surface area contributed by atoms with E-state index in [1.165, 1.54) is 15.9 Å². The molecule has 1 aliphatic rings. The van der Waals surface area contributed by atoms with Crippen LogP contribution in [-0.2, 0) is 11.0 Å². The molecule has 0 radical (unpaired) electrons. The Morgan fingerprint density at radius 2 is 1.34 bits per heavy atom. The molecule has 0 bridgehead atoms. The Bertz CT molecular complexity index is 998. The fraction of sp³-hybridized carbons (Fsp3) is 0.419. The van der Waals surface area contributed by atoms with E-state index in [-0.39, 0.29) is 16.9 Å². The Morgan fingerprint density at radius 1 is 0.829 bits per heavy atom. The second-order valence-electron chi connectivity index (χ2n) is 11.2. The third kappa shape index (κ3) is 5.77. The molecule has 4 heteroatoms. The summed E-state index contributed by atoms with van der Waals surface area (Å²) >= 11 is 0. The van der Waals surface area contributed by atoms with Crippen LogP contribution in [0.15, 0.2) is 91.0 Å². The Balaban J connectivity index is 1.54. The number of hydrogen-bond donors (Lipinski definition) is 0. The lowest BCUT2D eigenvalue weighted by molar-refractivity contribution is 0.0267. The molecule has 0 spiro atoms. The van der Waals surface area contributed by atoms with Crippen molar-refractivity contribution in [1.82, 2.24) is 4.90 Å². The molecule has 1 aliphatic heterocycles. The van der Waals surface area contributed by atoms with Crippen LogP contribution < -0.4 is 10.4 Å². The summed E-state index contributed by atoms with van der Waals surface area (Å²) in [6.07, 6.45) is -0.0498. The van der Waals surface area contributed by atoms with Gasteiger partial charge in [-0.15, -0.1) is 0 Å². The average Bonchev–Trinajstić information content (AvgIpc) is 2.85. The van der Waals surface area contributed by atoms with E-state index in [1.54, 1.807) is 0 Å². The van der Waals surface area contributed by atoms with Gasteiger partial charge in [0.25, 0.3) is 8.32 Å². The van der Waals surface area contributed by atoms with E-state index in [9.17, 15) is 0 Å². The summed E-state index contributed by atoms with van der Waals surface area (Å²) in [4.78, 5) is 2.42. The fourth-order valence-corrected chi connectivity index (χ4v) is 10.4. The molecule has 3 atom stereocenters. The first-order valence-electron chi connectivity index (χ1n) is 13.0. The second-order valence-corrected chi connectivity index (χ2v) is 15.5. The van der Waals surface area contributed by atoms with Crippen molar-refractivity contribution >= 4 is 18.7 Å². The minimum absolute atomic E-state index is 0.0133. The molecule has 1 saturated heterocycles. The molecule has 186 valence electrons. The first-order chi connectivity index (χ1) is 16.8. The highest BCUT2D eigenvalue weighted by Crippen LogP contribution is 2.37. The van der Waals surface area contributed by atoms with Crippen molar-refractivity contribution in [2.24, 2.45) is 11.8 Å². The van der Waals surface area contributed by atoms with Gasteiger partial charge in [-0.1, -0.05) is 119 Å². The maximum Gasteiger partial charge on any atom is 0.261 e. The van der Waals surface area contributed by atoms with Gasteiger partial charge < -0.3 is 4.43 Å². The Labute approximate surface area is 212 Å². The van der Waals surface area contributed by atoms with Crippen LogP contribution in [0.2, 0.25) is 5.04 Å². The van der Waals surface area contributed by atoms with Gasteiger partial charge in [-0.2, -0.15) is 0 Å². The molecule has 3 aromatic rings. The summed E-state index contributed by atoms with van der Waals surface area (Å²) in [5, 5.41) is 2.49. The lowest BCUT2D eigenvalue weighted by atomic mass is 9.86. The van der Waals surface area contributed by atoms with Gasteiger partial charge in [0.2, 0.25) is 0 Å². The second kappa shape index (κ2) is 11.2. The molecule has 0 aromatic heterocycles. The number of benzene rings is 3. The quantitative estimate of drug-likeness (QED) is 0.357. The van der Waals surface area contributed by atoms with Gasteiger partial charge in [-0.3, -0.25) is 4.90 Å². The number of hydrogen-bond acceptors (Lipinski definition) is 2. The van der Waals surface area contributed by atoms with Crippen LogP contribution >= 0.6 is 0 Å². The zero-order chi connectivity index (χ0) is 24.9. The Hall–Kier alpha value is -2.27. The minimum atomic E-state index is -2.59. The highest BCUT2D eigenvalue weighted by molar-refractivity contribution is 6.99. The van der Waals surface area contributed by atoms with Crippen LogP contribution in [0, 0.1) is 11.8 Å². The third-order valence-electron chi connectivity index (χ3n) is 7.51. The molecule has 0 amide bonds. The molecule has 3 unspecified atom stereocenters. The van der Waals surface area contributed by atoms with Gasteiger partial charge in [0.15, 0.2) is 0 Å². The topological polar surface area (TPSA) is 12.5 Å². The number of halogens is 1. The van der Waals surface area contributed by atoms with Crippen LogP contribution in [0.3, 0.4) is 0 Å². The molecule has 35 heavy (non-hydrogen) atoms. The molecule has 0 saturated carbocycles. The van der Waals surface area contributed by atoms with E-state index in [0.717, 1.165) is 26.1 Å². The first-order valence-corrected chi connectivity index (χ1v) is 14.9. The molecule has 1 heterocycles. The van der Waals surface area contributed by atoms with Gasteiger partial charge in [0.1, 0.15) is 6.17 Å². The van der Waals surface area contributed by atoms with Crippen molar-refractivity contribution in [3.8, 4) is 0 Å². The monoisotopic (exact) mass is 489 g/mol. The van der Waals surface area contributed by atoms with E-state index >= 15 is 4.39 Å². The van der Waals surface area contributed by atoms with Gasteiger partial charge in [-0.05, 0) is 27.4 Å². The van der Waals surface area contributed by atoms with Crippen LogP contribution in [0.4, 0.5) is 4.39 Å². The van der Waals surface area contributed by atoms with Crippen molar-refractivity contribution in [1.29, 1.82) is 0 Å². The number of piperidine rings is 1. The van der Waals surface area contributed by atoms with Crippen molar-refractivity contribution in [2.75, 3.05) is 19.7 Å². The zero-order valence-corrected chi connectivity index (χ0v) is 22.7. The third-order valence-corrected chi connectivity index (χ3v) is 12.5. The van der Waals surface area contributed by atoms with Crippen molar-refractivity contribution in [3.05, 3.63) is 96.6 Å². The lowest BCUT2D eigenvalue weighted by Gasteiger charge is -2.44. The maximum atomic E-state index is 15.4. The largest absolute Gasteiger partial charge is 0.407 e. The minimum Gasteiger partial charge on any atom is -0.407 e.